The fourth-order valence-electron chi connectivity index (χ4n) is 1.78. The van der Waals surface area contributed by atoms with Crippen LogP contribution in [0.5, 0.6) is 0 Å². The highest BCUT2D eigenvalue weighted by molar-refractivity contribution is 7.33. The number of ether oxygens (including phenoxy) is 1. The van der Waals surface area contributed by atoms with E-state index in [0.717, 1.165) is 27.0 Å². The lowest BCUT2D eigenvalue weighted by Crippen LogP contribution is -2.32. The standard InChI is InChI=1S/C11H13N2O3P/c1-17-12-6-7-16-11(8-12)9-2-4-10(5-3-9)13(14)15/h2-5,11H,1,6-8H2. The lowest BCUT2D eigenvalue weighted by molar-refractivity contribution is -0.384. The lowest BCUT2D eigenvalue weighted by atomic mass is 10.1. The summed E-state index contributed by atoms with van der Waals surface area (Å²) in [6.07, 6.45) is 3.81. The molecule has 0 saturated carbocycles. The van der Waals surface area contributed by atoms with Crippen molar-refractivity contribution in [3.05, 3.63) is 39.9 Å². The second kappa shape index (κ2) is 5.36. The van der Waals surface area contributed by atoms with Crippen molar-refractivity contribution in [2.24, 2.45) is 0 Å². The van der Waals surface area contributed by atoms with Crippen molar-refractivity contribution in [1.82, 2.24) is 4.67 Å². The third-order valence-electron chi connectivity index (χ3n) is 2.72. The van der Waals surface area contributed by atoms with Gasteiger partial charge in [-0.25, -0.2) is 0 Å². The molecule has 1 aromatic rings. The van der Waals surface area contributed by atoms with Crippen molar-refractivity contribution in [3.8, 4) is 0 Å². The van der Waals surface area contributed by atoms with Crippen molar-refractivity contribution < 1.29 is 9.66 Å². The molecule has 1 aromatic carbocycles. The van der Waals surface area contributed by atoms with Crippen molar-refractivity contribution in [2.75, 3.05) is 19.7 Å². The second-order valence-electron chi connectivity index (χ2n) is 3.76. The molecule has 90 valence electrons. The van der Waals surface area contributed by atoms with Gasteiger partial charge in [-0.15, -0.1) is 0 Å². The molecule has 17 heavy (non-hydrogen) atoms. The fourth-order valence-corrected chi connectivity index (χ4v) is 2.26. The van der Waals surface area contributed by atoms with E-state index in [-0.39, 0.29) is 11.8 Å². The van der Waals surface area contributed by atoms with Crippen molar-refractivity contribution >= 4 is 20.3 Å². The van der Waals surface area contributed by atoms with E-state index in [1.807, 2.05) is 0 Å². The van der Waals surface area contributed by atoms with Crippen LogP contribution in [0.25, 0.3) is 0 Å². The molecule has 1 unspecified atom stereocenters. The molecule has 1 aliphatic heterocycles. The Kier molecular flexibility index (Phi) is 3.84. The van der Waals surface area contributed by atoms with Gasteiger partial charge < -0.3 is 4.74 Å². The SMILES string of the molecule is C=PN1CCOC(c2ccc([N+](=O)[O-])cc2)C1. The van der Waals surface area contributed by atoms with Crippen LogP contribution in [0.15, 0.2) is 24.3 Å². The number of morpholine rings is 1. The third kappa shape index (κ3) is 2.88. The molecule has 0 radical (unpaired) electrons. The van der Waals surface area contributed by atoms with Crippen LogP contribution in [0, 0.1) is 10.1 Å². The molecule has 1 fully saturated rings. The zero-order chi connectivity index (χ0) is 12.3. The minimum absolute atomic E-state index is 0.0150. The molecule has 1 atom stereocenters. The molecule has 1 saturated heterocycles. The zero-order valence-corrected chi connectivity index (χ0v) is 10.2. The van der Waals surface area contributed by atoms with Gasteiger partial charge in [0.2, 0.25) is 0 Å². The number of rotatable bonds is 3. The summed E-state index contributed by atoms with van der Waals surface area (Å²) in [6.45, 7) is 2.33. The van der Waals surface area contributed by atoms with Crippen LogP contribution >= 0.6 is 8.35 Å². The molecular formula is C11H13N2O3P. The Morgan fingerprint density at radius 3 is 2.76 bits per heavy atom. The topological polar surface area (TPSA) is 55.6 Å². The predicted molar refractivity (Wildman–Crippen MR) is 67.4 cm³/mol. The highest BCUT2D eigenvalue weighted by atomic mass is 31.1. The van der Waals surface area contributed by atoms with E-state index in [2.05, 4.69) is 11.0 Å². The first-order chi connectivity index (χ1) is 8.20. The molecule has 0 amide bonds. The van der Waals surface area contributed by atoms with E-state index in [9.17, 15) is 10.1 Å². The zero-order valence-electron chi connectivity index (χ0n) is 9.28. The van der Waals surface area contributed by atoms with Crippen LogP contribution in [0.3, 0.4) is 0 Å². The van der Waals surface area contributed by atoms with Crippen molar-refractivity contribution in [1.29, 1.82) is 0 Å². The highest BCUT2D eigenvalue weighted by Crippen LogP contribution is 2.26. The summed E-state index contributed by atoms with van der Waals surface area (Å²) in [5.41, 5.74) is 1.08. The van der Waals surface area contributed by atoms with E-state index in [4.69, 9.17) is 4.74 Å². The van der Waals surface area contributed by atoms with Crippen LogP contribution in [0.1, 0.15) is 11.7 Å². The number of nitro benzene ring substituents is 1. The highest BCUT2D eigenvalue weighted by Gasteiger charge is 2.21. The van der Waals surface area contributed by atoms with Gasteiger partial charge in [-0.2, -0.15) is 0 Å². The number of non-ortho nitro benzene ring substituents is 1. The van der Waals surface area contributed by atoms with E-state index in [1.165, 1.54) is 12.1 Å². The molecule has 0 aromatic heterocycles. The Morgan fingerprint density at radius 2 is 2.18 bits per heavy atom. The largest absolute Gasteiger partial charge is 0.371 e. The summed E-state index contributed by atoms with van der Waals surface area (Å²) < 4.78 is 7.83. The predicted octanol–water partition coefficient (Wildman–Crippen LogP) is 2.26. The van der Waals surface area contributed by atoms with Crippen LogP contribution in [0.2, 0.25) is 0 Å². The molecular weight excluding hydrogens is 239 g/mol. The first-order valence-electron chi connectivity index (χ1n) is 5.28. The van der Waals surface area contributed by atoms with Crippen LogP contribution < -0.4 is 0 Å². The van der Waals surface area contributed by atoms with Gasteiger partial charge in [0.25, 0.3) is 5.69 Å². The summed E-state index contributed by atoms with van der Waals surface area (Å²) in [4.78, 5) is 10.1. The minimum Gasteiger partial charge on any atom is -0.371 e. The maximum atomic E-state index is 10.5. The molecule has 0 aliphatic carbocycles. The molecule has 2 rings (SSSR count). The van der Waals surface area contributed by atoms with Gasteiger partial charge in [-0.1, -0.05) is 6.30 Å². The summed E-state index contributed by atoms with van der Waals surface area (Å²) >= 11 is 0. The van der Waals surface area contributed by atoms with Gasteiger partial charge in [0, 0.05) is 25.2 Å². The number of nitrogens with zero attached hydrogens (tertiary/aromatic N) is 2. The fraction of sp³-hybridized carbons (Fsp3) is 0.364. The number of hydrogen-bond donors (Lipinski definition) is 0. The smallest absolute Gasteiger partial charge is 0.269 e. The summed E-state index contributed by atoms with van der Waals surface area (Å²) in [6, 6.07) is 6.54. The molecule has 1 heterocycles. The molecule has 1 aliphatic rings. The second-order valence-corrected chi connectivity index (χ2v) is 4.61. The Hall–Kier alpha value is -1.29. The van der Waals surface area contributed by atoms with E-state index in [0.29, 0.717) is 6.61 Å². The Balaban J connectivity index is 2.11. The average molecular weight is 252 g/mol. The number of benzene rings is 1. The number of hydrogen-bond acceptors (Lipinski definition) is 4. The van der Waals surface area contributed by atoms with Gasteiger partial charge in [-0.05, 0) is 26.1 Å². The minimum atomic E-state index is -0.396. The van der Waals surface area contributed by atoms with Gasteiger partial charge in [0.05, 0.1) is 17.6 Å². The average Bonchev–Trinajstić information content (AvgIpc) is 2.39. The monoisotopic (exact) mass is 252 g/mol. The van der Waals surface area contributed by atoms with Crippen LogP contribution in [-0.4, -0.2) is 35.6 Å². The van der Waals surface area contributed by atoms with Gasteiger partial charge in [0.1, 0.15) is 0 Å². The quantitative estimate of drug-likeness (QED) is 0.470. The third-order valence-corrected chi connectivity index (χ3v) is 3.48. The Labute approximate surface area is 101 Å². The summed E-state index contributed by atoms with van der Waals surface area (Å²) in [5, 5.41) is 10.5. The summed E-state index contributed by atoms with van der Waals surface area (Å²) in [5.74, 6) is 0. The molecule has 5 nitrogen and oxygen atoms in total. The first-order valence-corrected chi connectivity index (χ1v) is 6.31. The Morgan fingerprint density at radius 1 is 1.47 bits per heavy atom. The lowest BCUT2D eigenvalue weighted by Gasteiger charge is -2.30. The molecule has 0 bridgehead atoms. The van der Waals surface area contributed by atoms with Crippen LogP contribution in [-0.2, 0) is 4.74 Å². The van der Waals surface area contributed by atoms with Gasteiger partial charge in [-0.3, -0.25) is 14.8 Å². The van der Waals surface area contributed by atoms with Gasteiger partial charge >= 0.3 is 0 Å². The maximum Gasteiger partial charge on any atom is 0.269 e. The van der Waals surface area contributed by atoms with E-state index in [1.54, 1.807) is 12.1 Å². The maximum absolute atomic E-state index is 10.5. The summed E-state index contributed by atoms with van der Waals surface area (Å²) in [7, 11) is 0.987. The van der Waals surface area contributed by atoms with E-state index >= 15 is 0 Å². The Bertz CT molecular complexity index is 421. The van der Waals surface area contributed by atoms with Crippen molar-refractivity contribution in [2.45, 2.75) is 6.10 Å². The number of nitro groups is 1. The van der Waals surface area contributed by atoms with Crippen LogP contribution in [0.4, 0.5) is 5.69 Å². The molecule has 0 N–H and O–H groups in total. The van der Waals surface area contributed by atoms with E-state index < -0.39 is 4.92 Å². The van der Waals surface area contributed by atoms with Crippen molar-refractivity contribution in [3.63, 3.8) is 0 Å². The first kappa shape index (κ1) is 12.2. The van der Waals surface area contributed by atoms with Gasteiger partial charge in [0.15, 0.2) is 0 Å². The normalized spacial score (nSPS) is 21.5. The molecule has 0 spiro atoms. The molecule has 6 heteroatoms.